The van der Waals surface area contributed by atoms with Gasteiger partial charge in [0.25, 0.3) is 0 Å². The van der Waals surface area contributed by atoms with E-state index in [0.29, 0.717) is 12.1 Å². The Bertz CT molecular complexity index is 1090. The summed E-state index contributed by atoms with van der Waals surface area (Å²) in [6.45, 7) is 0. The Morgan fingerprint density at radius 1 is 0.808 bits per heavy atom. The second-order valence-electron chi connectivity index (χ2n) is 5.61. The quantitative estimate of drug-likeness (QED) is 0.633. The van der Waals surface area contributed by atoms with Crippen LogP contribution in [0.25, 0.3) is 22.3 Å². The summed E-state index contributed by atoms with van der Waals surface area (Å²) in [6, 6.07) is 5.46. The van der Waals surface area contributed by atoms with Crippen molar-refractivity contribution in [3.05, 3.63) is 72.1 Å². The molecule has 0 saturated heterocycles. The highest BCUT2D eigenvalue weighted by atomic mass is 32.2. The fraction of sp³-hybridized carbons (Fsp3) is 0.0556. The number of sulfone groups is 1. The molecule has 0 saturated carbocycles. The molecule has 2 aromatic carbocycles. The van der Waals surface area contributed by atoms with Crippen molar-refractivity contribution < 1.29 is 26.0 Å². The molecule has 0 aliphatic carbocycles. The van der Waals surface area contributed by atoms with Crippen molar-refractivity contribution >= 4 is 9.84 Å². The third kappa shape index (κ3) is 3.45. The predicted octanol–water partition coefficient (Wildman–Crippen LogP) is 4.38. The summed E-state index contributed by atoms with van der Waals surface area (Å²) in [5, 5.41) is 0. The lowest BCUT2D eigenvalue weighted by molar-refractivity contribution is 0.557. The predicted molar refractivity (Wildman–Crippen MR) is 88.1 cm³/mol. The number of aromatic nitrogens is 1. The smallest absolute Gasteiger partial charge is 0.178 e. The Balaban J connectivity index is 2.25. The van der Waals surface area contributed by atoms with E-state index in [9.17, 15) is 26.0 Å². The van der Waals surface area contributed by atoms with E-state index in [0.717, 1.165) is 24.5 Å². The second-order valence-corrected chi connectivity index (χ2v) is 7.60. The van der Waals surface area contributed by atoms with Gasteiger partial charge in [0.05, 0.1) is 0 Å². The van der Waals surface area contributed by atoms with Crippen LogP contribution in [-0.2, 0) is 9.84 Å². The lowest BCUT2D eigenvalue weighted by Crippen LogP contribution is -2.03. The van der Waals surface area contributed by atoms with Gasteiger partial charge >= 0.3 is 0 Å². The summed E-state index contributed by atoms with van der Waals surface area (Å²) in [5.74, 6) is -3.80. The number of pyridine rings is 1. The number of hydrogen-bond acceptors (Lipinski definition) is 3. The zero-order valence-corrected chi connectivity index (χ0v) is 14.1. The second kappa shape index (κ2) is 6.53. The van der Waals surface area contributed by atoms with E-state index >= 15 is 0 Å². The third-order valence-corrected chi connectivity index (χ3v) is 4.82. The lowest BCUT2D eigenvalue weighted by atomic mass is 9.96. The van der Waals surface area contributed by atoms with Crippen molar-refractivity contribution in [2.75, 3.05) is 6.26 Å². The van der Waals surface area contributed by atoms with Crippen molar-refractivity contribution in [3.63, 3.8) is 0 Å². The van der Waals surface area contributed by atoms with Crippen molar-refractivity contribution in [3.8, 4) is 22.3 Å². The number of hydrogen-bond donors (Lipinski definition) is 0. The van der Waals surface area contributed by atoms with Gasteiger partial charge in [0.15, 0.2) is 9.84 Å². The highest BCUT2D eigenvalue weighted by Crippen LogP contribution is 2.35. The van der Waals surface area contributed by atoms with Gasteiger partial charge in [-0.15, -0.1) is 0 Å². The molecule has 0 aliphatic heterocycles. The monoisotopic (exact) mass is 381 g/mol. The van der Waals surface area contributed by atoms with Crippen LogP contribution in [0.4, 0.5) is 17.6 Å². The fourth-order valence-corrected chi connectivity index (χ4v) is 3.32. The van der Waals surface area contributed by atoms with E-state index in [1.807, 2.05) is 0 Å². The highest BCUT2D eigenvalue weighted by Gasteiger charge is 2.20. The third-order valence-electron chi connectivity index (χ3n) is 3.71. The van der Waals surface area contributed by atoms with Crippen LogP contribution in [0.5, 0.6) is 0 Å². The van der Waals surface area contributed by atoms with Crippen LogP contribution in [0.1, 0.15) is 0 Å². The molecule has 8 heteroatoms. The summed E-state index contributed by atoms with van der Waals surface area (Å²) in [7, 11) is -3.96. The highest BCUT2D eigenvalue weighted by molar-refractivity contribution is 7.90. The minimum Gasteiger partial charge on any atom is -0.264 e. The normalized spacial score (nSPS) is 11.6. The van der Waals surface area contributed by atoms with Crippen LogP contribution in [-0.4, -0.2) is 19.7 Å². The van der Waals surface area contributed by atoms with Crippen molar-refractivity contribution in [2.45, 2.75) is 4.90 Å². The zero-order chi connectivity index (χ0) is 19.1. The van der Waals surface area contributed by atoms with Gasteiger partial charge < -0.3 is 0 Å². The minimum absolute atomic E-state index is 0.0638. The van der Waals surface area contributed by atoms with Gasteiger partial charge in [0, 0.05) is 35.8 Å². The van der Waals surface area contributed by atoms with Crippen molar-refractivity contribution in [1.29, 1.82) is 0 Å². The Labute approximate surface area is 146 Å². The van der Waals surface area contributed by atoms with Crippen LogP contribution >= 0.6 is 0 Å². The molecule has 0 aliphatic rings. The minimum atomic E-state index is -3.96. The standard InChI is InChI=1S/C18H11F4NO2S/c1-26(24,25)18-8-16(21)14(7-17(18)22)15-9-23-3-2-13(15)10-4-11(19)6-12(20)5-10/h2-9H,1H3. The van der Waals surface area contributed by atoms with Crippen LogP contribution in [0.2, 0.25) is 0 Å². The summed E-state index contributed by atoms with van der Waals surface area (Å²) >= 11 is 0. The first kappa shape index (κ1) is 18.1. The Kier molecular flexibility index (Phi) is 4.53. The van der Waals surface area contributed by atoms with Gasteiger partial charge in [-0.1, -0.05) is 0 Å². The summed E-state index contributed by atoms with van der Waals surface area (Å²) in [5.41, 5.74) is 0.104. The maximum Gasteiger partial charge on any atom is 0.178 e. The van der Waals surface area contributed by atoms with E-state index in [1.165, 1.54) is 18.5 Å². The summed E-state index contributed by atoms with van der Waals surface area (Å²) < 4.78 is 78.7. The fourth-order valence-electron chi connectivity index (χ4n) is 2.59. The molecule has 3 aromatic rings. The Hall–Kier alpha value is -2.74. The number of halogens is 4. The van der Waals surface area contributed by atoms with Crippen LogP contribution in [0.3, 0.4) is 0 Å². The largest absolute Gasteiger partial charge is 0.264 e. The molecule has 0 atom stereocenters. The number of benzene rings is 2. The molecule has 0 radical (unpaired) electrons. The number of rotatable bonds is 3. The maximum atomic E-state index is 14.5. The molecule has 0 spiro atoms. The molecule has 0 N–H and O–H groups in total. The van der Waals surface area contributed by atoms with E-state index in [4.69, 9.17) is 0 Å². The van der Waals surface area contributed by atoms with Gasteiger partial charge in [-0.25, -0.2) is 26.0 Å². The molecule has 0 fully saturated rings. The first-order valence-corrected chi connectivity index (χ1v) is 9.16. The van der Waals surface area contributed by atoms with E-state index in [2.05, 4.69) is 4.98 Å². The Morgan fingerprint density at radius 3 is 2.08 bits per heavy atom. The first-order valence-electron chi connectivity index (χ1n) is 7.27. The van der Waals surface area contributed by atoms with Gasteiger partial charge in [-0.2, -0.15) is 0 Å². The molecule has 0 bridgehead atoms. The van der Waals surface area contributed by atoms with Crippen LogP contribution < -0.4 is 0 Å². The van der Waals surface area contributed by atoms with E-state index < -0.39 is 38.0 Å². The maximum absolute atomic E-state index is 14.5. The molecule has 26 heavy (non-hydrogen) atoms. The number of nitrogens with zero attached hydrogens (tertiary/aromatic N) is 1. The van der Waals surface area contributed by atoms with Gasteiger partial charge in [-0.05, 0) is 41.5 Å². The van der Waals surface area contributed by atoms with Gasteiger partial charge in [0.2, 0.25) is 0 Å². The van der Waals surface area contributed by atoms with Crippen molar-refractivity contribution in [1.82, 2.24) is 4.98 Å². The first-order chi connectivity index (χ1) is 12.2. The summed E-state index contributed by atoms with van der Waals surface area (Å²) in [6.07, 6.45) is 3.30. The molecule has 0 amide bonds. The van der Waals surface area contributed by atoms with Crippen LogP contribution in [0, 0.1) is 23.3 Å². The Morgan fingerprint density at radius 2 is 1.46 bits per heavy atom. The molecule has 0 unspecified atom stereocenters. The van der Waals surface area contributed by atoms with E-state index in [-0.39, 0.29) is 22.3 Å². The molecule has 134 valence electrons. The molecular weight excluding hydrogens is 370 g/mol. The van der Waals surface area contributed by atoms with Gasteiger partial charge in [-0.3, -0.25) is 4.98 Å². The molecule has 3 rings (SSSR count). The zero-order valence-electron chi connectivity index (χ0n) is 13.3. The van der Waals surface area contributed by atoms with Gasteiger partial charge in [0.1, 0.15) is 28.2 Å². The molecular formula is C18H11F4NO2S. The average Bonchev–Trinajstić information content (AvgIpc) is 2.55. The van der Waals surface area contributed by atoms with E-state index in [1.54, 1.807) is 0 Å². The average molecular weight is 381 g/mol. The molecule has 1 heterocycles. The summed E-state index contributed by atoms with van der Waals surface area (Å²) in [4.78, 5) is 3.06. The van der Waals surface area contributed by atoms with Crippen LogP contribution in [0.15, 0.2) is 53.7 Å². The molecule has 1 aromatic heterocycles. The SMILES string of the molecule is CS(=O)(=O)c1cc(F)c(-c2cnccc2-c2cc(F)cc(F)c2)cc1F. The topological polar surface area (TPSA) is 47.0 Å². The molecule has 3 nitrogen and oxygen atoms in total. The van der Waals surface area contributed by atoms with Crippen molar-refractivity contribution in [2.24, 2.45) is 0 Å². The lowest BCUT2D eigenvalue weighted by Gasteiger charge is -2.12.